The first kappa shape index (κ1) is 14.6. The third kappa shape index (κ3) is 4.99. The zero-order valence-electron chi connectivity index (χ0n) is 10.9. The van der Waals surface area contributed by atoms with Gasteiger partial charge in [-0.15, -0.1) is 0 Å². The molecule has 0 aromatic heterocycles. The molecule has 2 N–H and O–H groups in total. The van der Waals surface area contributed by atoms with Gasteiger partial charge in [0.05, 0.1) is 19.8 Å². The number of benzene rings is 1. The third-order valence-electron chi connectivity index (χ3n) is 2.94. The van der Waals surface area contributed by atoms with E-state index in [1.807, 2.05) is 18.2 Å². The lowest BCUT2D eigenvalue weighted by atomic mass is 10.2. The molecule has 1 fully saturated rings. The first-order valence-corrected chi connectivity index (χ1v) is 7.01. The van der Waals surface area contributed by atoms with Crippen LogP contribution in [0, 0.1) is 0 Å². The molecular weight excluding hydrogens is 266 g/mol. The van der Waals surface area contributed by atoms with E-state index in [1.165, 1.54) is 12.8 Å². The molecule has 1 aliphatic carbocycles. The van der Waals surface area contributed by atoms with Crippen LogP contribution in [0.25, 0.3) is 0 Å². The summed E-state index contributed by atoms with van der Waals surface area (Å²) in [7, 11) is 0. The number of aliphatic hydroxyl groups is 1. The molecule has 0 radical (unpaired) electrons. The van der Waals surface area contributed by atoms with Gasteiger partial charge in [0.2, 0.25) is 0 Å². The highest BCUT2D eigenvalue weighted by Gasteiger charge is 2.21. The standard InChI is InChI=1S/C14H20ClNO3/c15-13-2-1-3-14(19-9-8-18-7-6-17)12(13)10-16-11-4-5-11/h1-3,11,16-17H,4-10H2. The van der Waals surface area contributed by atoms with E-state index in [9.17, 15) is 0 Å². The predicted octanol–water partition coefficient (Wildman–Crippen LogP) is 1.98. The van der Waals surface area contributed by atoms with Crippen LogP contribution in [0.3, 0.4) is 0 Å². The molecule has 2 rings (SSSR count). The molecule has 1 aromatic carbocycles. The highest BCUT2D eigenvalue weighted by Crippen LogP contribution is 2.28. The van der Waals surface area contributed by atoms with E-state index >= 15 is 0 Å². The second-order valence-electron chi connectivity index (χ2n) is 4.56. The molecule has 5 heteroatoms. The molecule has 0 saturated heterocycles. The fourth-order valence-electron chi connectivity index (χ4n) is 1.76. The van der Waals surface area contributed by atoms with Crippen LogP contribution in [0.4, 0.5) is 0 Å². The summed E-state index contributed by atoms with van der Waals surface area (Å²) < 4.78 is 10.8. The molecule has 0 spiro atoms. The molecule has 0 bridgehead atoms. The number of halogens is 1. The van der Waals surface area contributed by atoms with Crippen molar-refractivity contribution in [3.63, 3.8) is 0 Å². The Bertz CT molecular complexity index is 396. The fraction of sp³-hybridized carbons (Fsp3) is 0.571. The Morgan fingerprint density at radius 3 is 2.84 bits per heavy atom. The largest absolute Gasteiger partial charge is 0.491 e. The monoisotopic (exact) mass is 285 g/mol. The summed E-state index contributed by atoms with van der Waals surface area (Å²) in [4.78, 5) is 0. The number of rotatable bonds is 9. The van der Waals surface area contributed by atoms with Crippen molar-refractivity contribution in [3.8, 4) is 5.75 Å². The zero-order chi connectivity index (χ0) is 13.5. The van der Waals surface area contributed by atoms with E-state index in [0.29, 0.717) is 25.9 Å². The summed E-state index contributed by atoms with van der Waals surface area (Å²) in [6.45, 7) is 2.03. The van der Waals surface area contributed by atoms with Crippen LogP contribution >= 0.6 is 11.6 Å². The van der Waals surface area contributed by atoms with Crippen LogP contribution in [-0.4, -0.2) is 37.6 Å². The Kier molecular flexibility index (Phi) is 5.92. The number of hydrogen-bond donors (Lipinski definition) is 2. The summed E-state index contributed by atoms with van der Waals surface area (Å²) >= 11 is 6.21. The quantitative estimate of drug-likeness (QED) is 0.681. The van der Waals surface area contributed by atoms with Gasteiger partial charge in [-0.25, -0.2) is 0 Å². The minimum atomic E-state index is 0.0354. The van der Waals surface area contributed by atoms with Gasteiger partial charge in [0, 0.05) is 23.2 Å². The van der Waals surface area contributed by atoms with Crippen LogP contribution in [0.1, 0.15) is 18.4 Å². The lowest BCUT2D eigenvalue weighted by Gasteiger charge is -2.13. The van der Waals surface area contributed by atoms with E-state index in [4.69, 9.17) is 26.2 Å². The van der Waals surface area contributed by atoms with Crippen LogP contribution in [-0.2, 0) is 11.3 Å². The molecule has 4 nitrogen and oxygen atoms in total. The van der Waals surface area contributed by atoms with Gasteiger partial charge >= 0.3 is 0 Å². The van der Waals surface area contributed by atoms with Gasteiger partial charge in [0.1, 0.15) is 12.4 Å². The molecule has 0 unspecified atom stereocenters. The Morgan fingerprint density at radius 1 is 1.26 bits per heavy atom. The Hall–Kier alpha value is -0.810. The first-order chi connectivity index (χ1) is 9.31. The van der Waals surface area contributed by atoms with E-state index < -0.39 is 0 Å². The van der Waals surface area contributed by atoms with Crippen molar-refractivity contribution < 1.29 is 14.6 Å². The molecule has 0 heterocycles. The third-order valence-corrected chi connectivity index (χ3v) is 3.30. The van der Waals surface area contributed by atoms with Gasteiger partial charge in [-0.05, 0) is 25.0 Å². The topological polar surface area (TPSA) is 50.7 Å². The van der Waals surface area contributed by atoms with Crippen molar-refractivity contribution in [2.75, 3.05) is 26.4 Å². The first-order valence-electron chi connectivity index (χ1n) is 6.63. The molecule has 0 aliphatic heterocycles. The lowest BCUT2D eigenvalue weighted by Crippen LogP contribution is -2.17. The summed E-state index contributed by atoms with van der Waals surface area (Å²) in [5.74, 6) is 0.799. The van der Waals surface area contributed by atoms with Gasteiger partial charge in [-0.1, -0.05) is 17.7 Å². The highest BCUT2D eigenvalue weighted by atomic mass is 35.5. The van der Waals surface area contributed by atoms with E-state index in [0.717, 1.165) is 22.9 Å². The van der Waals surface area contributed by atoms with Gasteiger partial charge in [-0.2, -0.15) is 0 Å². The maximum atomic E-state index is 8.60. The molecule has 1 aliphatic rings. The minimum Gasteiger partial charge on any atom is -0.491 e. The second-order valence-corrected chi connectivity index (χ2v) is 4.96. The summed E-state index contributed by atoms with van der Waals surface area (Å²) in [6, 6.07) is 6.31. The number of nitrogens with one attached hydrogen (secondary N) is 1. The maximum Gasteiger partial charge on any atom is 0.125 e. The van der Waals surface area contributed by atoms with E-state index in [-0.39, 0.29) is 6.61 Å². The van der Waals surface area contributed by atoms with Crippen molar-refractivity contribution in [1.82, 2.24) is 5.32 Å². The zero-order valence-corrected chi connectivity index (χ0v) is 11.7. The molecular formula is C14H20ClNO3. The van der Waals surface area contributed by atoms with Crippen LogP contribution in [0.2, 0.25) is 5.02 Å². The van der Waals surface area contributed by atoms with Crippen LogP contribution in [0.5, 0.6) is 5.75 Å². The van der Waals surface area contributed by atoms with E-state index in [1.54, 1.807) is 0 Å². The van der Waals surface area contributed by atoms with Crippen molar-refractivity contribution in [1.29, 1.82) is 0 Å². The summed E-state index contributed by atoms with van der Waals surface area (Å²) in [6.07, 6.45) is 2.49. The average Bonchev–Trinajstić information content (AvgIpc) is 3.22. The Morgan fingerprint density at radius 2 is 2.11 bits per heavy atom. The Labute approximate surface area is 118 Å². The molecule has 1 saturated carbocycles. The molecule has 1 aromatic rings. The van der Waals surface area contributed by atoms with Gasteiger partial charge in [0.15, 0.2) is 0 Å². The SMILES string of the molecule is OCCOCCOc1cccc(Cl)c1CNC1CC1. The molecule has 106 valence electrons. The van der Waals surface area contributed by atoms with Crippen molar-refractivity contribution in [2.24, 2.45) is 0 Å². The molecule has 19 heavy (non-hydrogen) atoms. The number of aliphatic hydroxyl groups excluding tert-OH is 1. The van der Waals surface area contributed by atoms with Crippen LogP contribution in [0.15, 0.2) is 18.2 Å². The van der Waals surface area contributed by atoms with Crippen LogP contribution < -0.4 is 10.1 Å². The minimum absolute atomic E-state index is 0.0354. The highest BCUT2D eigenvalue weighted by molar-refractivity contribution is 6.31. The molecule has 0 amide bonds. The second kappa shape index (κ2) is 7.70. The molecule has 0 atom stereocenters. The smallest absolute Gasteiger partial charge is 0.125 e. The average molecular weight is 286 g/mol. The Balaban J connectivity index is 1.84. The van der Waals surface area contributed by atoms with Crippen molar-refractivity contribution in [3.05, 3.63) is 28.8 Å². The van der Waals surface area contributed by atoms with Gasteiger partial charge < -0.3 is 19.9 Å². The predicted molar refractivity (Wildman–Crippen MR) is 74.7 cm³/mol. The van der Waals surface area contributed by atoms with Crippen molar-refractivity contribution >= 4 is 11.6 Å². The van der Waals surface area contributed by atoms with Crippen molar-refractivity contribution in [2.45, 2.75) is 25.4 Å². The summed E-state index contributed by atoms with van der Waals surface area (Å²) in [5.41, 5.74) is 0.998. The van der Waals surface area contributed by atoms with Gasteiger partial charge in [-0.3, -0.25) is 0 Å². The van der Waals surface area contributed by atoms with E-state index in [2.05, 4.69) is 5.32 Å². The fourth-order valence-corrected chi connectivity index (χ4v) is 1.99. The number of hydrogen-bond acceptors (Lipinski definition) is 4. The lowest BCUT2D eigenvalue weighted by molar-refractivity contribution is 0.0703. The maximum absolute atomic E-state index is 8.60. The normalized spacial score (nSPS) is 14.6. The summed E-state index contributed by atoms with van der Waals surface area (Å²) in [5, 5.41) is 12.8. The van der Waals surface area contributed by atoms with Gasteiger partial charge in [0.25, 0.3) is 0 Å². The number of ether oxygens (including phenoxy) is 2.